The van der Waals surface area contributed by atoms with Gasteiger partial charge in [0.15, 0.2) is 0 Å². The fourth-order valence-electron chi connectivity index (χ4n) is 0.522. The van der Waals surface area contributed by atoms with Crippen LogP contribution in [0.25, 0.3) is 0 Å². The number of rotatable bonds is 1. The Labute approximate surface area is 55.8 Å². The first-order valence-electron chi connectivity index (χ1n) is 2.56. The third-order valence-electron chi connectivity index (χ3n) is 0.867. The quantitative estimate of drug-likeness (QED) is 0.430. The summed E-state index contributed by atoms with van der Waals surface area (Å²) in [4.78, 5) is 19.4. The first-order valence-corrected chi connectivity index (χ1v) is 2.56. The van der Waals surface area contributed by atoms with E-state index in [1.807, 2.05) is 0 Å². The van der Waals surface area contributed by atoms with Crippen molar-refractivity contribution >= 4 is 5.95 Å². The number of nitrogen functional groups attached to an aromatic ring is 1. The Kier molecular flexibility index (Phi) is 1.63. The molecule has 0 unspecified atom stereocenters. The van der Waals surface area contributed by atoms with Crippen molar-refractivity contribution in [2.24, 2.45) is 0 Å². The molecule has 1 aromatic heterocycles. The molecule has 4 N–H and O–H groups in total. The van der Waals surface area contributed by atoms with Crippen LogP contribution in [-0.2, 0) is 6.61 Å². The molecule has 54 valence electrons. The topological polar surface area (TPSA) is 105 Å². The molecule has 0 aliphatic heterocycles. The minimum absolute atomic E-state index is 0.123. The first kappa shape index (κ1) is 6.69. The van der Waals surface area contributed by atoms with E-state index in [0.29, 0.717) is 0 Å². The number of anilines is 1. The minimum atomic E-state index is -0.600. The van der Waals surface area contributed by atoms with Gasteiger partial charge in [0.1, 0.15) is 12.4 Å². The summed E-state index contributed by atoms with van der Waals surface area (Å²) in [5, 5.41) is 8.47. The molecular formula is C4H6N4O2. The predicted octanol–water partition coefficient (Wildman–Crippen LogP) is -1.76. The zero-order chi connectivity index (χ0) is 7.56. The molecule has 0 bridgehead atoms. The number of aromatic nitrogens is 3. The smallest absolute Gasteiger partial charge is 0.349 e. The molecule has 1 aromatic rings. The molecule has 6 nitrogen and oxygen atoms in total. The highest BCUT2D eigenvalue weighted by Crippen LogP contribution is 1.85. The van der Waals surface area contributed by atoms with Crippen LogP contribution in [-0.4, -0.2) is 20.1 Å². The number of hydrogen-bond donors (Lipinski definition) is 3. The SMILES string of the molecule is Nc1nc(CO)[nH]c(=O)n1. The summed E-state index contributed by atoms with van der Waals surface area (Å²) >= 11 is 0. The molecule has 0 atom stereocenters. The highest BCUT2D eigenvalue weighted by Gasteiger charge is 1.95. The highest BCUT2D eigenvalue weighted by atomic mass is 16.3. The molecule has 0 fully saturated rings. The van der Waals surface area contributed by atoms with Gasteiger partial charge < -0.3 is 10.8 Å². The van der Waals surface area contributed by atoms with Gasteiger partial charge in [-0.25, -0.2) is 4.79 Å². The van der Waals surface area contributed by atoms with Gasteiger partial charge in [-0.2, -0.15) is 9.97 Å². The van der Waals surface area contributed by atoms with Crippen molar-refractivity contribution in [3.63, 3.8) is 0 Å². The Balaban J connectivity index is 3.19. The number of H-pyrrole nitrogens is 1. The Bertz CT molecular complexity index is 281. The number of aliphatic hydroxyl groups is 1. The van der Waals surface area contributed by atoms with Gasteiger partial charge in [-0.3, -0.25) is 4.98 Å². The normalized spacial score (nSPS) is 9.70. The van der Waals surface area contributed by atoms with E-state index in [0.717, 1.165) is 0 Å². The van der Waals surface area contributed by atoms with Gasteiger partial charge >= 0.3 is 5.69 Å². The molecular weight excluding hydrogens is 136 g/mol. The Morgan fingerprint density at radius 1 is 1.60 bits per heavy atom. The van der Waals surface area contributed by atoms with Crippen molar-refractivity contribution < 1.29 is 5.11 Å². The van der Waals surface area contributed by atoms with Crippen LogP contribution in [0.2, 0.25) is 0 Å². The van der Waals surface area contributed by atoms with E-state index in [2.05, 4.69) is 15.0 Å². The molecule has 0 spiro atoms. The van der Waals surface area contributed by atoms with E-state index < -0.39 is 5.69 Å². The average molecular weight is 142 g/mol. The van der Waals surface area contributed by atoms with Crippen LogP contribution in [0.3, 0.4) is 0 Å². The lowest BCUT2D eigenvalue weighted by Crippen LogP contribution is -2.17. The lowest BCUT2D eigenvalue weighted by Gasteiger charge is -1.93. The molecule has 0 radical (unpaired) electrons. The molecule has 0 saturated carbocycles. The standard InChI is InChI=1S/C4H6N4O2/c5-3-6-2(1-9)7-4(10)8-3/h9H,1H2,(H3,5,6,7,8,10). The second-order valence-electron chi connectivity index (χ2n) is 1.62. The van der Waals surface area contributed by atoms with Crippen LogP contribution in [0.1, 0.15) is 5.82 Å². The van der Waals surface area contributed by atoms with Crippen molar-refractivity contribution in [2.75, 3.05) is 5.73 Å². The maximum atomic E-state index is 10.5. The average Bonchev–Trinajstić information content (AvgIpc) is 1.85. The van der Waals surface area contributed by atoms with Crippen LogP contribution in [0.5, 0.6) is 0 Å². The maximum Gasteiger partial charge on any atom is 0.349 e. The third kappa shape index (κ3) is 1.29. The van der Waals surface area contributed by atoms with Crippen LogP contribution in [0.4, 0.5) is 5.95 Å². The molecule has 1 heterocycles. The van der Waals surface area contributed by atoms with Gasteiger partial charge in [-0.1, -0.05) is 0 Å². The van der Waals surface area contributed by atoms with Crippen LogP contribution < -0.4 is 11.4 Å². The van der Waals surface area contributed by atoms with E-state index in [1.54, 1.807) is 0 Å². The largest absolute Gasteiger partial charge is 0.388 e. The Morgan fingerprint density at radius 3 is 2.80 bits per heavy atom. The number of hydrogen-bond acceptors (Lipinski definition) is 5. The summed E-state index contributed by atoms with van der Waals surface area (Å²) in [6.45, 7) is -0.345. The fourth-order valence-corrected chi connectivity index (χ4v) is 0.522. The molecule has 6 heteroatoms. The van der Waals surface area contributed by atoms with Gasteiger partial charge in [-0.15, -0.1) is 0 Å². The second-order valence-corrected chi connectivity index (χ2v) is 1.62. The van der Waals surface area contributed by atoms with Crippen molar-refractivity contribution in [1.29, 1.82) is 0 Å². The number of aliphatic hydroxyl groups excluding tert-OH is 1. The number of nitrogens with one attached hydrogen (secondary N) is 1. The first-order chi connectivity index (χ1) is 4.72. The Morgan fingerprint density at radius 2 is 2.30 bits per heavy atom. The molecule has 0 aliphatic rings. The van der Waals surface area contributed by atoms with Gasteiger partial charge in [-0.05, 0) is 0 Å². The highest BCUT2D eigenvalue weighted by molar-refractivity contribution is 5.11. The van der Waals surface area contributed by atoms with Crippen molar-refractivity contribution in [1.82, 2.24) is 15.0 Å². The molecule has 0 aromatic carbocycles. The third-order valence-corrected chi connectivity index (χ3v) is 0.867. The molecule has 1 rings (SSSR count). The maximum absolute atomic E-state index is 10.5. The summed E-state index contributed by atoms with van der Waals surface area (Å²) in [6, 6.07) is 0. The predicted molar refractivity (Wildman–Crippen MR) is 33.0 cm³/mol. The lowest BCUT2D eigenvalue weighted by atomic mass is 10.6. The second kappa shape index (κ2) is 2.44. The van der Waals surface area contributed by atoms with Crippen molar-refractivity contribution in [3.8, 4) is 0 Å². The summed E-state index contributed by atoms with van der Waals surface area (Å²) in [5.74, 6) is -0.00898. The number of nitrogens with two attached hydrogens (primary N) is 1. The zero-order valence-electron chi connectivity index (χ0n) is 5.03. The molecule has 0 saturated heterocycles. The summed E-state index contributed by atoms with van der Waals surface area (Å²) in [5.41, 5.74) is 4.48. The molecule has 0 amide bonds. The summed E-state index contributed by atoms with van der Waals surface area (Å²) in [6.07, 6.45) is 0. The van der Waals surface area contributed by atoms with E-state index in [9.17, 15) is 4.79 Å². The van der Waals surface area contributed by atoms with E-state index >= 15 is 0 Å². The van der Waals surface area contributed by atoms with Gasteiger partial charge in [0.2, 0.25) is 5.95 Å². The number of aromatic amines is 1. The Hall–Kier alpha value is -1.43. The van der Waals surface area contributed by atoms with E-state index in [1.165, 1.54) is 0 Å². The van der Waals surface area contributed by atoms with Crippen molar-refractivity contribution in [3.05, 3.63) is 16.3 Å². The van der Waals surface area contributed by atoms with Gasteiger partial charge in [0.25, 0.3) is 0 Å². The zero-order valence-corrected chi connectivity index (χ0v) is 5.03. The summed E-state index contributed by atoms with van der Waals surface area (Å²) < 4.78 is 0. The monoisotopic (exact) mass is 142 g/mol. The van der Waals surface area contributed by atoms with Gasteiger partial charge in [0, 0.05) is 0 Å². The number of nitrogens with zero attached hydrogens (tertiary/aromatic N) is 2. The van der Waals surface area contributed by atoms with Crippen LogP contribution in [0.15, 0.2) is 4.79 Å². The molecule has 0 aliphatic carbocycles. The van der Waals surface area contributed by atoms with Crippen molar-refractivity contribution in [2.45, 2.75) is 6.61 Å². The fraction of sp³-hybridized carbons (Fsp3) is 0.250. The van der Waals surface area contributed by atoms with Gasteiger partial charge in [0.05, 0.1) is 0 Å². The van der Waals surface area contributed by atoms with Crippen LogP contribution in [0, 0.1) is 0 Å². The summed E-state index contributed by atoms with van der Waals surface area (Å²) in [7, 11) is 0. The van der Waals surface area contributed by atoms with E-state index in [-0.39, 0.29) is 18.4 Å². The lowest BCUT2D eigenvalue weighted by molar-refractivity contribution is 0.270. The van der Waals surface area contributed by atoms with Crippen LogP contribution >= 0.6 is 0 Å². The minimum Gasteiger partial charge on any atom is -0.388 e. The van der Waals surface area contributed by atoms with E-state index in [4.69, 9.17) is 10.8 Å². The molecule has 10 heavy (non-hydrogen) atoms.